The van der Waals surface area contributed by atoms with E-state index >= 15 is 0 Å². The molecule has 4 nitrogen and oxygen atoms in total. The largest absolute Gasteiger partial charge is 0.393 e. The Labute approximate surface area is 163 Å². The number of hydrogen-bond acceptors (Lipinski definition) is 4. The lowest BCUT2D eigenvalue weighted by Gasteiger charge is -2.60. The number of aliphatic hydroxyl groups is 1. The van der Waals surface area contributed by atoms with Crippen molar-refractivity contribution in [2.45, 2.75) is 84.0 Å². The molecule has 0 amide bonds. The molecule has 0 radical (unpaired) electrons. The van der Waals surface area contributed by atoms with Crippen molar-refractivity contribution in [3.8, 4) is 0 Å². The molecular formula is C23H36O4. The first-order valence-electron chi connectivity index (χ1n) is 11.3. The molecule has 5 rings (SSSR count). The highest BCUT2D eigenvalue weighted by Crippen LogP contribution is 2.68. The zero-order chi connectivity index (χ0) is 19.0. The lowest BCUT2D eigenvalue weighted by atomic mass is 9.44. The summed E-state index contributed by atoms with van der Waals surface area (Å²) in [5.41, 5.74) is 0.109. The van der Waals surface area contributed by atoms with Crippen molar-refractivity contribution in [2.75, 3.05) is 13.2 Å². The predicted octanol–water partition coefficient (Wildman–Crippen LogP) is 3.95. The third kappa shape index (κ3) is 2.48. The average Bonchev–Trinajstić information content (AvgIpc) is 3.19. The van der Waals surface area contributed by atoms with Gasteiger partial charge in [-0.15, -0.1) is 0 Å². The van der Waals surface area contributed by atoms with Crippen LogP contribution in [0.3, 0.4) is 0 Å². The molecule has 0 bridgehead atoms. The van der Waals surface area contributed by atoms with Gasteiger partial charge >= 0.3 is 0 Å². The first-order chi connectivity index (χ1) is 12.8. The van der Waals surface area contributed by atoms with Crippen LogP contribution in [0.5, 0.6) is 0 Å². The molecule has 0 aromatic heterocycles. The second-order valence-corrected chi connectivity index (χ2v) is 10.9. The molecule has 152 valence electrons. The molecule has 0 aromatic carbocycles. The van der Waals surface area contributed by atoms with Gasteiger partial charge in [0.25, 0.3) is 0 Å². The van der Waals surface area contributed by atoms with Gasteiger partial charge in [-0.3, -0.25) is 4.79 Å². The van der Waals surface area contributed by atoms with Crippen molar-refractivity contribution in [3.63, 3.8) is 0 Å². The Morgan fingerprint density at radius 3 is 2.44 bits per heavy atom. The summed E-state index contributed by atoms with van der Waals surface area (Å²) in [6, 6.07) is 0. The number of fused-ring (bicyclic) bond motifs is 5. The van der Waals surface area contributed by atoms with Gasteiger partial charge in [0.05, 0.1) is 19.3 Å². The van der Waals surface area contributed by atoms with Crippen LogP contribution in [0.1, 0.15) is 72.1 Å². The van der Waals surface area contributed by atoms with E-state index in [4.69, 9.17) is 9.47 Å². The first kappa shape index (κ1) is 18.6. The van der Waals surface area contributed by atoms with Crippen molar-refractivity contribution in [3.05, 3.63) is 0 Å². The highest BCUT2D eigenvalue weighted by Gasteiger charge is 2.66. The first-order valence-corrected chi connectivity index (χ1v) is 11.3. The smallest absolute Gasteiger partial charge is 0.169 e. The molecule has 27 heavy (non-hydrogen) atoms. The average molecular weight is 377 g/mol. The molecule has 1 N–H and O–H groups in total. The quantitative estimate of drug-likeness (QED) is 0.753. The second-order valence-electron chi connectivity index (χ2n) is 10.9. The van der Waals surface area contributed by atoms with E-state index in [2.05, 4.69) is 20.8 Å². The number of carbonyl (C=O) groups excluding carboxylic acids is 1. The van der Waals surface area contributed by atoms with Crippen LogP contribution in [0, 0.1) is 40.4 Å². The molecule has 1 heterocycles. The predicted molar refractivity (Wildman–Crippen MR) is 102 cm³/mol. The Morgan fingerprint density at radius 2 is 1.70 bits per heavy atom. The van der Waals surface area contributed by atoms with E-state index in [1.54, 1.807) is 0 Å². The number of Topliss-reactive ketones (excluding diaryl/α,β-unsaturated/α-hetero) is 1. The molecule has 4 aliphatic carbocycles. The van der Waals surface area contributed by atoms with Gasteiger partial charge in [-0.1, -0.05) is 13.8 Å². The molecular weight excluding hydrogens is 340 g/mol. The van der Waals surface area contributed by atoms with Gasteiger partial charge in [0.15, 0.2) is 5.79 Å². The van der Waals surface area contributed by atoms with Crippen LogP contribution in [0.4, 0.5) is 0 Å². The number of ketones is 1. The Kier molecular flexibility index (Phi) is 4.14. The Balaban J connectivity index is 1.47. The molecule has 5 fully saturated rings. The minimum absolute atomic E-state index is 0.00865. The summed E-state index contributed by atoms with van der Waals surface area (Å²) in [5.74, 6) is 2.16. The molecule has 1 aliphatic heterocycles. The number of ether oxygens (including phenoxy) is 2. The van der Waals surface area contributed by atoms with Crippen LogP contribution in [0.15, 0.2) is 0 Å². The fourth-order valence-electron chi connectivity index (χ4n) is 8.64. The lowest BCUT2D eigenvalue weighted by molar-refractivity contribution is -0.216. The van der Waals surface area contributed by atoms with Crippen molar-refractivity contribution in [1.29, 1.82) is 0 Å². The fraction of sp³-hybridized carbons (Fsp3) is 0.957. The second kappa shape index (κ2) is 6.03. The minimum Gasteiger partial charge on any atom is -0.393 e. The van der Waals surface area contributed by atoms with E-state index in [-0.39, 0.29) is 22.9 Å². The van der Waals surface area contributed by atoms with Crippen LogP contribution in [-0.2, 0) is 14.3 Å². The highest BCUT2D eigenvalue weighted by molar-refractivity contribution is 5.84. The van der Waals surface area contributed by atoms with Gasteiger partial charge in [0.1, 0.15) is 5.78 Å². The van der Waals surface area contributed by atoms with Crippen molar-refractivity contribution < 1.29 is 19.4 Å². The summed E-state index contributed by atoms with van der Waals surface area (Å²) in [7, 11) is 0. The van der Waals surface area contributed by atoms with E-state index in [1.807, 2.05) is 0 Å². The maximum Gasteiger partial charge on any atom is 0.169 e. The lowest BCUT2D eigenvalue weighted by Crippen LogP contribution is -2.59. The van der Waals surface area contributed by atoms with Gasteiger partial charge in [-0.25, -0.2) is 0 Å². The zero-order valence-electron chi connectivity index (χ0n) is 17.2. The Morgan fingerprint density at radius 1 is 0.963 bits per heavy atom. The zero-order valence-corrected chi connectivity index (χ0v) is 17.2. The third-order valence-electron chi connectivity index (χ3n) is 9.81. The maximum atomic E-state index is 13.6. The summed E-state index contributed by atoms with van der Waals surface area (Å²) in [5, 5.41) is 10.2. The standard InChI is InChI=1S/C23H36O4/c1-21-9-8-15(24)12-14(21)4-5-16-17-6-7-19(23(3)26-10-11-27-23)22(17,2)13-18(25)20(16)21/h14-17,19-20,24H,4-13H2,1-3H3/t14-,15+,16-,17-,19-,20+,21-,22-/m0/s1. The van der Waals surface area contributed by atoms with Crippen molar-refractivity contribution in [2.24, 2.45) is 40.4 Å². The van der Waals surface area contributed by atoms with E-state index in [1.165, 1.54) is 12.8 Å². The van der Waals surface area contributed by atoms with Gasteiger partial charge in [0, 0.05) is 18.3 Å². The molecule has 8 atom stereocenters. The molecule has 4 heteroatoms. The third-order valence-corrected chi connectivity index (χ3v) is 9.81. The summed E-state index contributed by atoms with van der Waals surface area (Å²) in [6.45, 7) is 8.19. The van der Waals surface area contributed by atoms with E-state index in [0.29, 0.717) is 49.1 Å². The monoisotopic (exact) mass is 376 g/mol. The van der Waals surface area contributed by atoms with Gasteiger partial charge in [0.2, 0.25) is 0 Å². The van der Waals surface area contributed by atoms with E-state index < -0.39 is 5.79 Å². The summed E-state index contributed by atoms with van der Waals surface area (Å²) in [4.78, 5) is 13.6. The van der Waals surface area contributed by atoms with Crippen LogP contribution in [-0.4, -0.2) is 36.0 Å². The number of aliphatic hydroxyl groups excluding tert-OH is 1. The van der Waals surface area contributed by atoms with E-state index in [0.717, 1.165) is 32.1 Å². The molecule has 0 unspecified atom stereocenters. The molecule has 5 aliphatic rings. The molecule has 0 aromatic rings. The maximum absolute atomic E-state index is 13.6. The normalized spacial score (nSPS) is 54.3. The van der Waals surface area contributed by atoms with Crippen LogP contribution in [0.2, 0.25) is 0 Å². The van der Waals surface area contributed by atoms with Crippen LogP contribution >= 0.6 is 0 Å². The fourth-order valence-corrected chi connectivity index (χ4v) is 8.64. The number of rotatable bonds is 1. The van der Waals surface area contributed by atoms with Gasteiger partial charge in [-0.2, -0.15) is 0 Å². The van der Waals surface area contributed by atoms with Gasteiger partial charge < -0.3 is 14.6 Å². The summed E-state index contributed by atoms with van der Waals surface area (Å²) >= 11 is 0. The molecule has 0 spiro atoms. The van der Waals surface area contributed by atoms with Crippen molar-refractivity contribution in [1.82, 2.24) is 0 Å². The molecule has 1 saturated heterocycles. The highest BCUT2D eigenvalue weighted by atomic mass is 16.7. The van der Waals surface area contributed by atoms with E-state index in [9.17, 15) is 9.90 Å². The topological polar surface area (TPSA) is 55.8 Å². The number of hydrogen-bond donors (Lipinski definition) is 1. The van der Waals surface area contributed by atoms with Crippen LogP contribution < -0.4 is 0 Å². The van der Waals surface area contributed by atoms with Gasteiger partial charge in [-0.05, 0) is 80.5 Å². The molecule has 4 saturated carbocycles. The SMILES string of the molecule is CC1([C@H]2CC[C@H]3[C@@H]4CC[C@H]5C[C@H](O)CC[C@]5(C)[C@H]4C(=O)C[C@]23C)OCCO1. The summed E-state index contributed by atoms with van der Waals surface area (Å²) in [6.07, 6.45) is 7.99. The van der Waals surface area contributed by atoms with Crippen molar-refractivity contribution >= 4 is 5.78 Å². The van der Waals surface area contributed by atoms with Crippen LogP contribution in [0.25, 0.3) is 0 Å². The Bertz CT molecular complexity index is 626. The Hall–Kier alpha value is -0.450. The minimum atomic E-state index is -0.507. The number of carbonyl (C=O) groups is 1. The summed E-state index contributed by atoms with van der Waals surface area (Å²) < 4.78 is 12.1.